The minimum absolute atomic E-state index is 0.102. The Kier molecular flexibility index (Phi) is 6.71. The number of anilines is 3. The highest BCUT2D eigenvalue weighted by Gasteiger charge is 2.30. The highest BCUT2D eigenvalue weighted by molar-refractivity contribution is 5.43. The lowest BCUT2D eigenvalue weighted by Gasteiger charge is -2.13. The molecule has 3 rings (SSSR count). The second-order valence-corrected chi connectivity index (χ2v) is 7.00. The number of hydrogen-bond donors (Lipinski definition) is 3. The van der Waals surface area contributed by atoms with Crippen LogP contribution in [0.3, 0.4) is 0 Å². The summed E-state index contributed by atoms with van der Waals surface area (Å²) in [4.78, 5) is 13.0. The average molecular weight is 416 g/mol. The van der Waals surface area contributed by atoms with Crippen LogP contribution in [0.25, 0.3) is 0 Å². The number of nitrogens with one attached hydrogen (secondary N) is 3. The topological polar surface area (TPSA) is 74.8 Å². The Hall–Kier alpha value is -3.36. The molecule has 0 aliphatic carbocycles. The lowest BCUT2D eigenvalue weighted by molar-refractivity contribution is -0.137. The van der Waals surface area contributed by atoms with E-state index in [9.17, 15) is 13.2 Å². The number of halogens is 3. The number of benzene rings is 2. The quantitative estimate of drug-likeness (QED) is 0.483. The molecule has 0 saturated carbocycles. The van der Waals surface area contributed by atoms with Crippen molar-refractivity contribution in [1.82, 2.24) is 15.0 Å². The van der Waals surface area contributed by atoms with Gasteiger partial charge in [0.15, 0.2) is 0 Å². The second kappa shape index (κ2) is 9.43. The van der Waals surface area contributed by atoms with E-state index in [0.29, 0.717) is 24.0 Å². The van der Waals surface area contributed by atoms with E-state index in [1.165, 1.54) is 6.07 Å². The third-order valence-electron chi connectivity index (χ3n) is 4.05. The molecule has 0 amide bonds. The molecule has 0 unspecified atom stereocenters. The maximum atomic E-state index is 12.9. The molecular formula is C21H23F3N6. The van der Waals surface area contributed by atoms with Crippen LogP contribution in [0.4, 0.5) is 31.0 Å². The van der Waals surface area contributed by atoms with Gasteiger partial charge in [-0.15, -0.1) is 0 Å². The van der Waals surface area contributed by atoms with E-state index in [4.69, 9.17) is 0 Å². The van der Waals surface area contributed by atoms with E-state index in [1.54, 1.807) is 6.07 Å². The minimum atomic E-state index is -4.38. The molecule has 0 radical (unpaired) electrons. The monoisotopic (exact) mass is 416 g/mol. The summed E-state index contributed by atoms with van der Waals surface area (Å²) in [7, 11) is 0. The van der Waals surface area contributed by atoms with Crippen molar-refractivity contribution in [3.8, 4) is 0 Å². The highest BCUT2D eigenvalue weighted by atomic mass is 19.4. The lowest BCUT2D eigenvalue weighted by Crippen LogP contribution is -2.16. The van der Waals surface area contributed by atoms with Gasteiger partial charge in [-0.1, -0.05) is 42.5 Å². The number of aromatic nitrogens is 3. The lowest BCUT2D eigenvalue weighted by atomic mass is 10.1. The Morgan fingerprint density at radius 1 is 0.767 bits per heavy atom. The first-order valence-electron chi connectivity index (χ1n) is 9.50. The van der Waals surface area contributed by atoms with E-state index < -0.39 is 11.7 Å². The van der Waals surface area contributed by atoms with Gasteiger partial charge in [0, 0.05) is 19.1 Å². The molecule has 0 atom stereocenters. The second-order valence-electron chi connectivity index (χ2n) is 7.00. The van der Waals surface area contributed by atoms with Gasteiger partial charge in [-0.2, -0.15) is 28.1 Å². The van der Waals surface area contributed by atoms with E-state index >= 15 is 0 Å². The zero-order chi connectivity index (χ0) is 21.6. The molecule has 1 aromatic heterocycles. The maximum absolute atomic E-state index is 12.9. The number of nitrogens with zero attached hydrogens (tertiary/aromatic N) is 3. The summed E-state index contributed by atoms with van der Waals surface area (Å²) < 4.78 is 38.7. The molecule has 6 nitrogen and oxygen atoms in total. The molecule has 0 fully saturated rings. The molecule has 0 bridgehead atoms. The first-order chi connectivity index (χ1) is 14.3. The van der Waals surface area contributed by atoms with Crippen LogP contribution in [0.2, 0.25) is 0 Å². The third-order valence-corrected chi connectivity index (χ3v) is 4.05. The first kappa shape index (κ1) is 21.4. The third kappa shape index (κ3) is 6.33. The average Bonchev–Trinajstić information content (AvgIpc) is 2.70. The Labute approximate surface area is 173 Å². The summed E-state index contributed by atoms with van der Waals surface area (Å²) in [5.74, 6) is 1.01. The van der Waals surface area contributed by atoms with Crippen LogP contribution < -0.4 is 16.0 Å². The van der Waals surface area contributed by atoms with Gasteiger partial charge in [0.05, 0.1) is 5.56 Å². The molecule has 30 heavy (non-hydrogen) atoms. The molecule has 0 saturated heterocycles. The van der Waals surface area contributed by atoms with Crippen LogP contribution in [-0.2, 0) is 19.3 Å². The summed E-state index contributed by atoms with van der Waals surface area (Å²) in [6.07, 6.45) is -4.38. The first-order valence-corrected chi connectivity index (χ1v) is 9.50. The maximum Gasteiger partial charge on any atom is 0.416 e. The Balaban J connectivity index is 1.74. The Morgan fingerprint density at radius 3 is 1.93 bits per heavy atom. The van der Waals surface area contributed by atoms with Gasteiger partial charge in [-0.25, -0.2) is 0 Å². The molecule has 158 valence electrons. The number of alkyl halides is 3. The van der Waals surface area contributed by atoms with Gasteiger partial charge < -0.3 is 16.0 Å². The summed E-state index contributed by atoms with van der Waals surface area (Å²) in [5, 5.41) is 9.25. The standard InChI is InChI=1S/C21H23F3N6/c1-14(2)27-20-29-18(25-12-15-7-4-3-5-8-15)28-19(30-20)26-13-16-9-6-10-17(11-16)21(22,23)24/h3-11,14H,12-13H2,1-2H3,(H3,25,26,27,28,29,30). The van der Waals surface area contributed by atoms with Crippen LogP contribution in [-0.4, -0.2) is 21.0 Å². The van der Waals surface area contributed by atoms with Crippen LogP contribution in [0.1, 0.15) is 30.5 Å². The van der Waals surface area contributed by atoms with E-state index in [0.717, 1.165) is 17.7 Å². The highest BCUT2D eigenvalue weighted by Crippen LogP contribution is 2.29. The number of hydrogen-bond acceptors (Lipinski definition) is 6. The smallest absolute Gasteiger partial charge is 0.352 e. The minimum Gasteiger partial charge on any atom is -0.352 e. The molecule has 0 aliphatic heterocycles. The van der Waals surface area contributed by atoms with Gasteiger partial charge in [0.25, 0.3) is 0 Å². The van der Waals surface area contributed by atoms with E-state index in [1.807, 2.05) is 44.2 Å². The fourth-order valence-corrected chi connectivity index (χ4v) is 2.67. The van der Waals surface area contributed by atoms with Crippen molar-refractivity contribution in [2.75, 3.05) is 16.0 Å². The largest absolute Gasteiger partial charge is 0.416 e. The van der Waals surface area contributed by atoms with E-state index in [2.05, 4.69) is 30.9 Å². The van der Waals surface area contributed by atoms with Crippen molar-refractivity contribution in [2.24, 2.45) is 0 Å². The van der Waals surface area contributed by atoms with Gasteiger partial charge in [-0.3, -0.25) is 0 Å². The molecule has 9 heteroatoms. The summed E-state index contributed by atoms with van der Waals surface area (Å²) in [6.45, 7) is 4.58. The van der Waals surface area contributed by atoms with Crippen molar-refractivity contribution >= 4 is 17.8 Å². The Bertz CT molecular complexity index is 960. The predicted molar refractivity (Wildman–Crippen MR) is 111 cm³/mol. The van der Waals surface area contributed by atoms with Crippen LogP contribution in [0.15, 0.2) is 54.6 Å². The van der Waals surface area contributed by atoms with Crippen molar-refractivity contribution in [1.29, 1.82) is 0 Å². The van der Waals surface area contributed by atoms with E-state index in [-0.39, 0.29) is 18.5 Å². The molecule has 2 aromatic carbocycles. The van der Waals surface area contributed by atoms with Crippen molar-refractivity contribution in [3.63, 3.8) is 0 Å². The van der Waals surface area contributed by atoms with Gasteiger partial charge in [-0.05, 0) is 37.1 Å². The fourth-order valence-electron chi connectivity index (χ4n) is 2.67. The van der Waals surface area contributed by atoms with Gasteiger partial charge >= 0.3 is 6.18 Å². The fraction of sp³-hybridized carbons (Fsp3) is 0.286. The summed E-state index contributed by atoms with van der Waals surface area (Å²) >= 11 is 0. The van der Waals surface area contributed by atoms with Crippen molar-refractivity contribution < 1.29 is 13.2 Å². The summed E-state index contributed by atoms with van der Waals surface area (Å²) in [6, 6.07) is 15.0. The van der Waals surface area contributed by atoms with Crippen molar-refractivity contribution in [3.05, 3.63) is 71.3 Å². The molecular weight excluding hydrogens is 393 g/mol. The molecule has 0 spiro atoms. The predicted octanol–water partition coefficient (Wildman–Crippen LogP) is 4.93. The molecule has 3 N–H and O–H groups in total. The van der Waals surface area contributed by atoms with Crippen molar-refractivity contribution in [2.45, 2.75) is 39.2 Å². The van der Waals surface area contributed by atoms with Gasteiger partial charge in [0.2, 0.25) is 17.8 Å². The Morgan fingerprint density at radius 2 is 1.33 bits per heavy atom. The molecule has 0 aliphatic rings. The number of rotatable bonds is 8. The van der Waals surface area contributed by atoms with Crippen LogP contribution >= 0.6 is 0 Å². The SMILES string of the molecule is CC(C)Nc1nc(NCc2ccccc2)nc(NCc2cccc(C(F)(F)F)c2)n1. The van der Waals surface area contributed by atoms with Gasteiger partial charge in [0.1, 0.15) is 0 Å². The molecule has 1 heterocycles. The van der Waals surface area contributed by atoms with Crippen LogP contribution in [0.5, 0.6) is 0 Å². The summed E-state index contributed by atoms with van der Waals surface area (Å²) in [5.41, 5.74) is 0.849. The zero-order valence-corrected chi connectivity index (χ0v) is 16.7. The zero-order valence-electron chi connectivity index (χ0n) is 16.7. The normalized spacial score (nSPS) is 11.4. The molecule has 3 aromatic rings. The van der Waals surface area contributed by atoms with Crippen LogP contribution in [0, 0.1) is 0 Å².